The van der Waals surface area contributed by atoms with Crippen LogP contribution >= 0.6 is 0 Å². The van der Waals surface area contributed by atoms with Gasteiger partial charge in [-0.05, 0) is 36.2 Å². The van der Waals surface area contributed by atoms with Gasteiger partial charge in [0.15, 0.2) is 0 Å². The molecule has 2 heterocycles. The summed E-state index contributed by atoms with van der Waals surface area (Å²) in [6.45, 7) is 6.92. The summed E-state index contributed by atoms with van der Waals surface area (Å²) in [6, 6.07) is 18.3. The molecule has 5 nitrogen and oxygen atoms in total. The van der Waals surface area contributed by atoms with Crippen LogP contribution in [0.5, 0.6) is 5.75 Å². The summed E-state index contributed by atoms with van der Waals surface area (Å²) in [5.74, 6) is 1.10. The number of pyridine rings is 1. The second kappa shape index (κ2) is 9.05. The van der Waals surface area contributed by atoms with E-state index in [1.54, 1.807) is 6.20 Å². The van der Waals surface area contributed by atoms with E-state index in [9.17, 15) is 4.79 Å². The maximum atomic E-state index is 12.8. The Morgan fingerprint density at radius 1 is 1.00 bits per heavy atom. The Morgan fingerprint density at radius 3 is 2.52 bits per heavy atom. The number of hydrogen-bond acceptors (Lipinski definition) is 4. The molecule has 1 aromatic heterocycles. The third kappa shape index (κ3) is 4.74. The van der Waals surface area contributed by atoms with Gasteiger partial charge < -0.3 is 9.64 Å². The lowest BCUT2D eigenvalue weighted by molar-refractivity contribution is -0.132. The number of carbonyl (C=O) groups excluding carboxylic acids is 1. The van der Waals surface area contributed by atoms with Gasteiger partial charge in [0.05, 0.1) is 18.5 Å². The Hall–Kier alpha value is -2.92. The minimum Gasteiger partial charge on any atom is -0.494 e. The van der Waals surface area contributed by atoms with Gasteiger partial charge in [0.25, 0.3) is 0 Å². The van der Waals surface area contributed by atoms with Crippen LogP contribution in [0, 0.1) is 0 Å². The van der Waals surface area contributed by atoms with Crippen LogP contribution < -0.4 is 4.74 Å². The van der Waals surface area contributed by atoms with Crippen molar-refractivity contribution in [2.45, 2.75) is 19.9 Å². The van der Waals surface area contributed by atoms with E-state index in [-0.39, 0.29) is 5.91 Å². The number of fused-ring (bicyclic) bond motifs is 1. The first kappa shape index (κ1) is 19.4. The Morgan fingerprint density at radius 2 is 1.76 bits per heavy atom. The third-order valence-electron chi connectivity index (χ3n) is 5.42. The average Bonchev–Trinajstić information content (AvgIpc) is 2.76. The molecule has 0 radical (unpaired) electrons. The predicted molar refractivity (Wildman–Crippen MR) is 115 cm³/mol. The lowest BCUT2D eigenvalue weighted by Crippen LogP contribution is -2.48. The molecule has 1 amide bonds. The Balaban J connectivity index is 1.31. The highest BCUT2D eigenvalue weighted by molar-refractivity contribution is 5.87. The van der Waals surface area contributed by atoms with Crippen LogP contribution in [0.4, 0.5) is 0 Å². The number of carbonyl (C=O) groups is 1. The number of nitrogens with zero attached hydrogens (tertiary/aromatic N) is 3. The molecule has 0 N–H and O–H groups in total. The van der Waals surface area contributed by atoms with Crippen molar-refractivity contribution in [1.82, 2.24) is 14.8 Å². The van der Waals surface area contributed by atoms with E-state index < -0.39 is 0 Å². The van der Waals surface area contributed by atoms with Gasteiger partial charge in [-0.1, -0.05) is 36.4 Å². The van der Waals surface area contributed by atoms with Gasteiger partial charge in [0, 0.05) is 44.3 Å². The number of aromatic nitrogens is 1. The zero-order valence-electron chi connectivity index (χ0n) is 16.9. The van der Waals surface area contributed by atoms with E-state index >= 15 is 0 Å². The monoisotopic (exact) mass is 389 g/mol. The first-order valence-electron chi connectivity index (χ1n) is 10.3. The van der Waals surface area contributed by atoms with Crippen molar-refractivity contribution in [2.24, 2.45) is 0 Å². The smallest absolute Gasteiger partial charge is 0.227 e. The molecule has 1 fully saturated rings. The second-order valence-corrected chi connectivity index (χ2v) is 7.40. The SMILES string of the molecule is CCOc1ccc(CN2CCN(C(=O)Cc3cccc4cccnc34)CC2)cc1. The van der Waals surface area contributed by atoms with Crippen molar-refractivity contribution < 1.29 is 9.53 Å². The Kier molecular flexibility index (Phi) is 6.06. The van der Waals surface area contributed by atoms with E-state index in [1.807, 2.05) is 54.3 Å². The predicted octanol–water partition coefficient (Wildman–Crippen LogP) is 3.52. The van der Waals surface area contributed by atoms with Crippen LogP contribution in [0.15, 0.2) is 60.8 Å². The van der Waals surface area contributed by atoms with Gasteiger partial charge in [-0.2, -0.15) is 0 Å². The molecule has 0 spiro atoms. The summed E-state index contributed by atoms with van der Waals surface area (Å²) >= 11 is 0. The number of rotatable bonds is 6. The molecule has 29 heavy (non-hydrogen) atoms. The molecule has 0 saturated carbocycles. The summed E-state index contributed by atoms with van der Waals surface area (Å²) in [5.41, 5.74) is 3.21. The molecule has 0 atom stereocenters. The zero-order valence-corrected chi connectivity index (χ0v) is 16.9. The van der Waals surface area contributed by atoms with Crippen LogP contribution in [-0.4, -0.2) is 53.5 Å². The molecule has 0 aliphatic carbocycles. The number of piperazine rings is 1. The fourth-order valence-electron chi connectivity index (χ4n) is 3.86. The van der Waals surface area contributed by atoms with Crippen molar-refractivity contribution in [3.05, 3.63) is 71.9 Å². The maximum Gasteiger partial charge on any atom is 0.227 e. The summed E-state index contributed by atoms with van der Waals surface area (Å²) in [5, 5.41) is 1.08. The standard InChI is InChI=1S/C24H27N3O2/c1-2-29-22-10-8-19(9-11-22)18-26-13-15-27(16-14-26)23(28)17-21-6-3-5-20-7-4-12-25-24(20)21/h3-12H,2,13-18H2,1H3. The van der Waals surface area contributed by atoms with Crippen LogP contribution in [0.2, 0.25) is 0 Å². The highest BCUT2D eigenvalue weighted by Gasteiger charge is 2.21. The summed E-state index contributed by atoms with van der Waals surface area (Å²) in [7, 11) is 0. The van der Waals surface area contributed by atoms with E-state index in [1.165, 1.54) is 5.56 Å². The van der Waals surface area contributed by atoms with Gasteiger partial charge in [-0.25, -0.2) is 0 Å². The Bertz CT molecular complexity index is 958. The van der Waals surface area contributed by atoms with Crippen LogP contribution in [0.1, 0.15) is 18.1 Å². The largest absolute Gasteiger partial charge is 0.494 e. The van der Waals surface area contributed by atoms with Gasteiger partial charge in [0.1, 0.15) is 5.75 Å². The van der Waals surface area contributed by atoms with E-state index in [2.05, 4.69) is 22.0 Å². The lowest BCUT2D eigenvalue weighted by atomic mass is 10.1. The summed E-state index contributed by atoms with van der Waals surface area (Å²) < 4.78 is 5.50. The highest BCUT2D eigenvalue weighted by Crippen LogP contribution is 2.18. The zero-order chi connectivity index (χ0) is 20.1. The van der Waals surface area contributed by atoms with E-state index in [0.717, 1.165) is 54.9 Å². The number of hydrogen-bond donors (Lipinski definition) is 0. The normalized spacial score (nSPS) is 14.9. The molecule has 4 rings (SSSR count). The molecular formula is C24H27N3O2. The average molecular weight is 389 g/mol. The Labute approximate surface area is 171 Å². The lowest BCUT2D eigenvalue weighted by Gasteiger charge is -2.35. The van der Waals surface area contributed by atoms with Crippen molar-refractivity contribution in [2.75, 3.05) is 32.8 Å². The minimum atomic E-state index is 0.184. The highest BCUT2D eigenvalue weighted by atomic mass is 16.5. The number of ether oxygens (including phenoxy) is 1. The van der Waals surface area contributed by atoms with Crippen molar-refractivity contribution in [3.8, 4) is 5.75 Å². The molecule has 5 heteroatoms. The topological polar surface area (TPSA) is 45.7 Å². The first-order chi connectivity index (χ1) is 14.2. The first-order valence-corrected chi connectivity index (χ1v) is 10.3. The fraction of sp³-hybridized carbons (Fsp3) is 0.333. The minimum absolute atomic E-state index is 0.184. The molecule has 1 saturated heterocycles. The van der Waals surface area contributed by atoms with Gasteiger partial charge in [-0.15, -0.1) is 0 Å². The second-order valence-electron chi connectivity index (χ2n) is 7.40. The van der Waals surface area contributed by atoms with E-state index in [0.29, 0.717) is 13.0 Å². The fourth-order valence-corrected chi connectivity index (χ4v) is 3.86. The molecule has 1 aliphatic heterocycles. The summed E-state index contributed by atoms with van der Waals surface area (Å²) in [6.07, 6.45) is 2.20. The number of para-hydroxylation sites is 1. The van der Waals surface area contributed by atoms with Crippen molar-refractivity contribution in [1.29, 1.82) is 0 Å². The molecule has 0 bridgehead atoms. The quantitative estimate of drug-likeness (QED) is 0.647. The molecular weight excluding hydrogens is 362 g/mol. The molecule has 1 aliphatic rings. The van der Waals surface area contributed by atoms with Crippen LogP contribution in [-0.2, 0) is 17.8 Å². The van der Waals surface area contributed by atoms with Crippen LogP contribution in [0.25, 0.3) is 10.9 Å². The molecule has 0 unspecified atom stereocenters. The van der Waals surface area contributed by atoms with Gasteiger partial charge in [-0.3, -0.25) is 14.7 Å². The third-order valence-corrected chi connectivity index (χ3v) is 5.42. The van der Waals surface area contributed by atoms with E-state index in [4.69, 9.17) is 4.74 Å². The molecule has 150 valence electrons. The molecule has 3 aromatic rings. The number of amides is 1. The van der Waals surface area contributed by atoms with Crippen molar-refractivity contribution in [3.63, 3.8) is 0 Å². The summed E-state index contributed by atoms with van der Waals surface area (Å²) in [4.78, 5) is 21.7. The van der Waals surface area contributed by atoms with Crippen LogP contribution in [0.3, 0.4) is 0 Å². The number of benzene rings is 2. The maximum absolute atomic E-state index is 12.8. The van der Waals surface area contributed by atoms with Gasteiger partial charge >= 0.3 is 0 Å². The van der Waals surface area contributed by atoms with Crippen molar-refractivity contribution >= 4 is 16.8 Å². The van der Waals surface area contributed by atoms with Gasteiger partial charge in [0.2, 0.25) is 5.91 Å². The molecule has 2 aromatic carbocycles.